The maximum Gasteiger partial charge on any atom is 0.273 e. The number of rotatable bonds is 6. The van der Waals surface area contributed by atoms with Gasteiger partial charge < -0.3 is 14.6 Å². The minimum Gasteiger partial charge on any atom is -0.477 e. The molecule has 10 nitrogen and oxygen atoms in total. The van der Waals surface area contributed by atoms with E-state index in [-0.39, 0.29) is 12.2 Å². The highest BCUT2D eigenvalue weighted by molar-refractivity contribution is 5.92. The van der Waals surface area contributed by atoms with Crippen LogP contribution in [0.4, 0.5) is 0 Å². The zero-order valence-electron chi connectivity index (χ0n) is 14.4. The molecule has 136 valence electrons. The molecule has 0 bridgehead atoms. The molecular weight excluding hydrogens is 350 g/mol. The normalized spacial score (nSPS) is 10.9. The van der Waals surface area contributed by atoms with Crippen molar-refractivity contribution < 1.29 is 14.1 Å². The van der Waals surface area contributed by atoms with Crippen LogP contribution in [0.1, 0.15) is 23.2 Å². The highest BCUT2D eigenvalue weighted by Crippen LogP contribution is 2.18. The maximum atomic E-state index is 12.3. The van der Waals surface area contributed by atoms with Crippen LogP contribution in [0, 0.1) is 0 Å². The zero-order valence-corrected chi connectivity index (χ0v) is 14.4. The van der Waals surface area contributed by atoms with Crippen molar-refractivity contribution >= 4 is 11.6 Å². The summed E-state index contributed by atoms with van der Waals surface area (Å²) in [5.74, 6) is 0.988. The zero-order chi connectivity index (χ0) is 18.6. The van der Waals surface area contributed by atoms with E-state index in [9.17, 15) is 4.79 Å². The fourth-order valence-corrected chi connectivity index (χ4v) is 2.43. The second-order valence-electron chi connectivity index (χ2n) is 5.49. The van der Waals surface area contributed by atoms with E-state index in [0.29, 0.717) is 29.7 Å². The van der Waals surface area contributed by atoms with Crippen molar-refractivity contribution in [3.8, 4) is 17.2 Å². The van der Waals surface area contributed by atoms with Gasteiger partial charge in [-0.2, -0.15) is 4.52 Å². The Bertz CT molecular complexity index is 1070. The molecule has 1 amide bonds. The number of nitrogens with zero attached hydrogens (tertiary/aromatic N) is 6. The van der Waals surface area contributed by atoms with Crippen LogP contribution in [-0.2, 0) is 6.54 Å². The number of amides is 1. The van der Waals surface area contributed by atoms with Crippen LogP contribution in [0.15, 0.2) is 47.2 Å². The first-order valence-electron chi connectivity index (χ1n) is 8.24. The summed E-state index contributed by atoms with van der Waals surface area (Å²) in [4.78, 5) is 16.3. The molecule has 0 spiro atoms. The molecule has 0 radical (unpaired) electrons. The quantitative estimate of drug-likeness (QED) is 0.546. The third-order valence-corrected chi connectivity index (χ3v) is 3.69. The molecule has 0 saturated carbocycles. The molecule has 0 aliphatic carbocycles. The number of ether oxygens (including phenoxy) is 1. The fraction of sp³-hybridized carbons (Fsp3) is 0.176. The van der Waals surface area contributed by atoms with Gasteiger partial charge in [-0.1, -0.05) is 5.16 Å². The summed E-state index contributed by atoms with van der Waals surface area (Å²) in [7, 11) is 0. The van der Waals surface area contributed by atoms with Crippen molar-refractivity contribution in [1.29, 1.82) is 0 Å². The predicted octanol–water partition coefficient (Wildman–Crippen LogP) is 1.50. The molecule has 10 heteroatoms. The SMILES string of the molecule is CCOc1ccc2nnc(CNC(=O)c3cc(-c4cccnc4)on3)n2n1. The number of hydrogen-bond donors (Lipinski definition) is 1. The first-order valence-corrected chi connectivity index (χ1v) is 8.24. The topological polar surface area (TPSA) is 120 Å². The van der Waals surface area contributed by atoms with Gasteiger partial charge in [0.1, 0.15) is 0 Å². The average molecular weight is 365 g/mol. The van der Waals surface area contributed by atoms with Crippen molar-refractivity contribution in [3.05, 3.63) is 54.2 Å². The molecule has 0 unspecified atom stereocenters. The third-order valence-electron chi connectivity index (χ3n) is 3.69. The van der Waals surface area contributed by atoms with Crippen molar-refractivity contribution in [3.63, 3.8) is 0 Å². The second kappa shape index (κ2) is 7.20. The van der Waals surface area contributed by atoms with Crippen LogP contribution in [0.2, 0.25) is 0 Å². The van der Waals surface area contributed by atoms with E-state index in [1.807, 2.05) is 13.0 Å². The van der Waals surface area contributed by atoms with Gasteiger partial charge in [0.25, 0.3) is 5.91 Å². The van der Waals surface area contributed by atoms with Crippen molar-refractivity contribution in [2.24, 2.45) is 0 Å². The average Bonchev–Trinajstić information content (AvgIpc) is 3.34. The maximum absolute atomic E-state index is 12.3. The number of fused-ring (bicyclic) bond motifs is 1. The summed E-state index contributed by atoms with van der Waals surface area (Å²) in [6.45, 7) is 2.49. The van der Waals surface area contributed by atoms with E-state index >= 15 is 0 Å². The third kappa shape index (κ3) is 3.45. The Morgan fingerprint density at radius 2 is 2.22 bits per heavy atom. The van der Waals surface area contributed by atoms with Crippen molar-refractivity contribution in [1.82, 2.24) is 35.3 Å². The molecule has 1 N–H and O–H groups in total. The molecule has 4 aromatic heterocycles. The van der Waals surface area contributed by atoms with Crippen molar-refractivity contribution in [2.45, 2.75) is 13.5 Å². The summed E-state index contributed by atoms with van der Waals surface area (Å²) in [6, 6.07) is 8.61. The predicted molar refractivity (Wildman–Crippen MR) is 92.9 cm³/mol. The molecule has 0 fully saturated rings. The van der Waals surface area contributed by atoms with Gasteiger partial charge in [-0.25, -0.2) is 0 Å². The summed E-state index contributed by atoms with van der Waals surface area (Å²) >= 11 is 0. The Balaban J connectivity index is 1.47. The van der Waals surface area contributed by atoms with E-state index in [1.165, 1.54) is 4.52 Å². The number of hydrogen-bond acceptors (Lipinski definition) is 8. The number of carbonyl (C=O) groups is 1. The molecule has 0 aliphatic rings. The Labute approximate surface area is 153 Å². The number of pyridine rings is 1. The standard InChI is InChI=1S/C17H15N7O3/c1-2-26-16-6-5-14-20-21-15(24(14)22-16)10-19-17(25)12-8-13(27-23-12)11-4-3-7-18-9-11/h3-9H,2,10H2,1H3,(H,19,25). The van der Waals surface area contributed by atoms with Crippen LogP contribution < -0.4 is 10.1 Å². The van der Waals surface area contributed by atoms with Gasteiger partial charge in [-0.3, -0.25) is 9.78 Å². The molecule has 4 aromatic rings. The molecular formula is C17H15N7O3. The lowest BCUT2D eigenvalue weighted by Crippen LogP contribution is -2.24. The van der Waals surface area contributed by atoms with Crippen LogP contribution in [0.5, 0.6) is 5.88 Å². The summed E-state index contributed by atoms with van der Waals surface area (Å²) in [6.07, 6.45) is 3.29. The molecule has 27 heavy (non-hydrogen) atoms. The van der Waals surface area contributed by atoms with Crippen LogP contribution >= 0.6 is 0 Å². The van der Waals surface area contributed by atoms with Gasteiger partial charge in [0.2, 0.25) is 5.88 Å². The Morgan fingerprint density at radius 3 is 3.04 bits per heavy atom. The second-order valence-corrected chi connectivity index (χ2v) is 5.49. The lowest BCUT2D eigenvalue weighted by Gasteiger charge is -2.04. The highest BCUT2D eigenvalue weighted by Gasteiger charge is 2.15. The van der Waals surface area contributed by atoms with Crippen LogP contribution in [0.25, 0.3) is 17.0 Å². The Morgan fingerprint density at radius 1 is 1.30 bits per heavy atom. The lowest BCUT2D eigenvalue weighted by molar-refractivity contribution is 0.0940. The first kappa shape index (κ1) is 16.6. The van der Waals surface area contributed by atoms with Gasteiger partial charge in [-0.15, -0.1) is 15.3 Å². The molecule has 4 heterocycles. The minimum absolute atomic E-state index is 0.123. The summed E-state index contributed by atoms with van der Waals surface area (Å²) in [5, 5.41) is 18.9. The van der Waals surface area contributed by atoms with Gasteiger partial charge >= 0.3 is 0 Å². The molecule has 0 aliphatic heterocycles. The van der Waals surface area contributed by atoms with Gasteiger partial charge in [-0.05, 0) is 25.1 Å². The fourth-order valence-electron chi connectivity index (χ4n) is 2.43. The van der Waals surface area contributed by atoms with Gasteiger partial charge in [0.15, 0.2) is 22.9 Å². The molecule has 0 saturated heterocycles. The van der Waals surface area contributed by atoms with Gasteiger partial charge in [0, 0.05) is 30.1 Å². The number of nitrogens with one attached hydrogen (secondary N) is 1. The van der Waals surface area contributed by atoms with Crippen LogP contribution in [0.3, 0.4) is 0 Å². The summed E-state index contributed by atoms with van der Waals surface area (Å²) in [5.41, 5.74) is 1.45. The minimum atomic E-state index is -0.397. The first-order chi connectivity index (χ1) is 13.2. The van der Waals surface area contributed by atoms with E-state index in [1.54, 1.807) is 36.7 Å². The molecule has 4 rings (SSSR count). The number of carbonyl (C=O) groups excluding carboxylic acids is 1. The van der Waals surface area contributed by atoms with E-state index in [4.69, 9.17) is 9.26 Å². The largest absolute Gasteiger partial charge is 0.477 e. The summed E-state index contributed by atoms with van der Waals surface area (Å²) < 4.78 is 12.1. The Kier molecular flexibility index (Phi) is 4.44. The van der Waals surface area contributed by atoms with E-state index in [2.05, 4.69) is 30.8 Å². The highest BCUT2D eigenvalue weighted by atomic mass is 16.5. The van der Waals surface area contributed by atoms with Gasteiger partial charge in [0.05, 0.1) is 13.2 Å². The smallest absolute Gasteiger partial charge is 0.273 e. The van der Waals surface area contributed by atoms with Crippen molar-refractivity contribution in [2.75, 3.05) is 6.61 Å². The monoisotopic (exact) mass is 365 g/mol. The molecule has 0 atom stereocenters. The van der Waals surface area contributed by atoms with Crippen LogP contribution in [-0.4, -0.2) is 42.5 Å². The number of aromatic nitrogens is 6. The Hall–Kier alpha value is -3.82. The lowest BCUT2D eigenvalue weighted by atomic mass is 10.2. The van der Waals surface area contributed by atoms with E-state index < -0.39 is 5.91 Å². The van der Waals surface area contributed by atoms with E-state index in [0.717, 1.165) is 5.56 Å². The molecule has 0 aromatic carbocycles.